The van der Waals surface area contributed by atoms with Gasteiger partial charge < -0.3 is 13.7 Å². The molecule has 0 bridgehead atoms. The van der Waals surface area contributed by atoms with Gasteiger partial charge >= 0.3 is 0 Å². The number of anilines is 3. The first-order valence-electron chi connectivity index (χ1n) is 19.4. The molecule has 0 aliphatic carbocycles. The van der Waals surface area contributed by atoms with Crippen molar-refractivity contribution in [3.63, 3.8) is 0 Å². The highest BCUT2D eigenvalue weighted by atomic mass is 16.3. The van der Waals surface area contributed by atoms with E-state index in [4.69, 9.17) is 8.83 Å². The second-order valence-corrected chi connectivity index (χ2v) is 14.8. The highest BCUT2D eigenvalue weighted by Crippen LogP contribution is 2.48. The first-order chi connectivity index (χ1) is 28.2. The van der Waals surface area contributed by atoms with Crippen LogP contribution in [-0.2, 0) is 0 Å². The Morgan fingerprint density at radius 1 is 0.316 bits per heavy atom. The normalized spacial score (nSPS) is 11.9. The maximum Gasteiger partial charge on any atom is 0.145 e. The summed E-state index contributed by atoms with van der Waals surface area (Å²) in [5.74, 6) is 0. The number of rotatable bonds is 5. The smallest absolute Gasteiger partial charge is 0.145 e. The Morgan fingerprint density at radius 2 is 0.912 bits per heavy atom. The molecule has 0 N–H and O–H groups in total. The van der Waals surface area contributed by atoms with Crippen molar-refractivity contribution in [1.82, 2.24) is 0 Å². The Balaban J connectivity index is 1.07. The molecule has 10 aromatic carbocycles. The third-order valence-corrected chi connectivity index (χ3v) is 11.6. The van der Waals surface area contributed by atoms with Gasteiger partial charge in [-0.15, -0.1) is 0 Å². The molecule has 12 rings (SSSR count). The number of benzene rings is 10. The van der Waals surface area contributed by atoms with Gasteiger partial charge in [-0.05, 0) is 110 Å². The second kappa shape index (κ2) is 12.5. The molecule has 3 heteroatoms. The third-order valence-electron chi connectivity index (χ3n) is 11.6. The van der Waals surface area contributed by atoms with E-state index in [1.165, 1.54) is 32.3 Å². The van der Waals surface area contributed by atoms with Gasteiger partial charge in [-0.3, -0.25) is 0 Å². The summed E-state index contributed by atoms with van der Waals surface area (Å²) < 4.78 is 13.1. The minimum Gasteiger partial charge on any atom is -0.456 e. The first kappa shape index (κ1) is 31.7. The van der Waals surface area contributed by atoms with Crippen molar-refractivity contribution in [1.29, 1.82) is 0 Å². The molecule has 0 saturated carbocycles. The van der Waals surface area contributed by atoms with E-state index in [0.29, 0.717) is 0 Å². The topological polar surface area (TPSA) is 29.5 Å². The van der Waals surface area contributed by atoms with E-state index in [-0.39, 0.29) is 0 Å². The van der Waals surface area contributed by atoms with E-state index in [1.54, 1.807) is 0 Å². The van der Waals surface area contributed by atoms with Crippen LogP contribution in [-0.4, -0.2) is 0 Å². The van der Waals surface area contributed by atoms with Gasteiger partial charge in [0.1, 0.15) is 22.3 Å². The van der Waals surface area contributed by atoms with E-state index in [1.807, 2.05) is 12.1 Å². The molecule has 12 aromatic rings. The van der Waals surface area contributed by atoms with Crippen molar-refractivity contribution in [3.05, 3.63) is 200 Å². The van der Waals surface area contributed by atoms with Crippen LogP contribution in [0, 0.1) is 0 Å². The maximum absolute atomic E-state index is 6.87. The monoisotopic (exact) mass is 727 g/mol. The molecule has 3 nitrogen and oxygen atoms in total. The third kappa shape index (κ3) is 4.99. The molecule has 2 aromatic heterocycles. The highest BCUT2D eigenvalue weighted by molar-refractivity contribution is 6.19. The molecule has 0 unspecified atom stereocenters. The van der Waals surface area contributed by atoms with Crippen LogP contribution in [0.1, 0.15) is 0 Å². The van der Waals surface area contributed by atoms with Gasteiger partial charge in [0.05, 0.1) is 11.1 Å². The number of hydrogen-bond acceptors (Lipinski definition) is 3. The molecule has 0 aliphatic heterocycles. The van der Waals surface area contributed by atoms with E-state index in [2.05, 4.69) is 193 Å². The van der Waals surface area contributed by atoms with Crippen LogP contribution in [0.2, 0.25) is 0 Å². The van der Waals surface area contributed by atoms with Crippen LogP contribution in [0.15, 0.2) is 209 Å². The Morgan fingerprint density at radius 3 is 1.75 bits per heavy atom. The fourth-order valence-electron chi connectivity index (χ4n) is 8.94. The SMILES string of the molecule is c1ccc2c(-c3ccc(N(c4ccc(-c5ccc6c(c5)oc5ccccc56)cc4)c4ccc5c(ccc6ccccc65)c4)c4c3oc3ccccc34)cccc2c1. The lowest BCUT2D eigenvalue weighted by molar-refractivity contribution is 0.669. The summed E-state index contributed by atoms with van der Waals surface area (Å²) in [5.41, 5.74) is 11.2. The number of para-hydroxylation sites is 2. The van der Waals surface area contributed by atoms with Crippen molar-refractivity contribution >= 4 is 93.3 Å². The van der Waals surface area contributed by atoms with E-state index >= 15 is 0 Å². The van der Waals surface area contributed by atoms with Gasteiger partial charge in [-0.25, -0.2) is 0 Å². The number of nitrogens with zero attached hydrogens (tertiary/aromatic N) is 1. The second-order valence-electron chi connectivity index (χ2n) is 14.8. The summed E-state index contributed by atoms with van der Waals surface area (Å²) in [7, 11) is 0. The molecule has 2 heterocycles. The lowest BCUT2D eigenvalue weighted by Crippen LogP contribution is -2.10. The zero-order valence-electron chi connectivity index (χ0n) is 30.8. The molecule has 0 spiro atoms. The summed E-state index contributed by atoms with van der Waals surface area (Å²) in [5, 5.41) is 11.7. The van der Waals surface area contributed by atoms with Crippen molar-refractivity contribution in [2.75, 3.05) is 4.90 Å². The molecular formula is C54H33NO2. The van der Waals surface area contributed by atoms with Crippen molar-refractivity contribution in [3.8, 4) is 22.3 Å². The maximum atomic E-state index is 6.87. The minimum atomic E-state index is 0.864. The van der Waals surface area contributed by atoms with E-state index < -0.39 is 0 Å². The van der Waals surface area contributed by atoms with Crippen molar-refractivity contribution in [2.45, 2.75) is 0 Å². The predicted molar refractivity (Wildman–Crippen MR) is 239 cm³/mol. The quantitative estimate of drug-likeness (QED) is 0.165. The Hall–Kier alpha value is -7.62. The fraction of sp³-hybridized carbons (Fsp3) is 0. The number of hydrogen-bond donors (Lipinski definition) is 0. The minimum absolute atomic E-state index is 0.864. The summed E-state index contributed by atoms with van der Waals surface area (Å²) in [6.07, 6.45) is 0. The zero-order valence-corrected chi connectivity index (χ0v) is 30.8. The molecular weight excluding hydrogens is 695 g/mol. The van der Waals surface area contributed by atoms with Crippen LogP contribution < -0.4 is 4.90 Å². The number of furan rings is 2. The molecule has 266 valence electrons. The van der Waals surface area contributed by atoms with Crippen LogP contribution in [0.4, 0.5) is 17.1 Å². The van der Waals surface area contributed by atoms with Gasteiger partial charge in [0.25, 0.3) is 0 Å². The van der Waals surface area contributed by atoms with E-state index in [0.717, 1.165) is 83.2 Å². The van der Waals surface area contributed by atoms with Crippen LogP contribution in [0.25, 0.3) is 98.4 Å². The first-order valence-corrected chi connectivity index (χ1v) is 19.4. The van der Waals surface area contributed by atoms with Gasteiger partial charge in [-0.1, -0.05) is 140 Å². The van der Waals surface area contributed by atoms with Gasteiger partial charge in [0.2, 0.25) is 0 Å². The lowest BCUT2D eigenvalue weighted by atomic mass is 9.95. The average Bonchev–Trinajstić information content (AvgIpc) is 3.85. The van der Waals surface area contributed by atoms with Gasteiger partial charge in [-0.2, -0.15) is 0 Å². The summed E-state index contributed by atoms with van der Waals surface area (Å²) in [6, 6.07) is 71.6. The lowest BCUT2D eigenvalue weighted by Gasteiger charge is -2.27. The Bertz CT molecular complexity index is 3530. The average molecular weight is 728 g/mol. The zero-order chi connectivity index (χ0) is 37.5. The predicted octanol–water partition coefficient (Wildman–Crippen LogP) is 15.7. The van der Waals surface area contributed by atoms with Gasteiger partial charge in [0, 0.05) is 33.1 Å². The van der Waals surface area contributed by atoms with Crippen molar-refractivity contribution in [2.24, 2.45) is 0 Å². The Labute approximate surface area is 328 Å². The number of fused-ring (bicyclic) bond motifs is 10. The summed E-state index contributed by atoms with van der Waals surface area (Å²) in [4.78, 5) is 2.39. The van der Waals surface area contributed by atoms with Crippen LogP contribution >= 0.6 is 0 Å². The standard InChI is InChI=1S/C54H33NO2/c1-4-14-42-35(10-1)12-9-17-44(42)47-30-31-49(53-48-16-6-8-19-51(48)57-54(47)53)55(40-27-29-43-38(32-40)21-20-36-11-2-3-13-41(36)43)39-25-22-34(23-26-39)37-24-28-46-45-15-5-7-18-50(45)56-52(46)33-37/h1-33H. The molecule has 0 aliphatic rings. The summed E-state index contributed by atoms with van der Waals surface area (Å²) in [6.45, 7) is 0. The summed E-state index contributed by atoms with van der Waals surface area (Å²) >= 11 is 0. The highest BCUT2D eigenvalue weighted by Gasteiger charge is 2.23. The Kier molecular flexibility index (Phi) is 6.93. The van der Waals surface area contributed by atoms with E-state index in [9.17, 15) is 0 Å². The molecule has 0 radical (unpaired) electrons. The largest absolute Gasteiger partial charge is 0.456 e. The van der Waals surface area contributed by atoms with Gasteiger partial charge in [0.15, 0.2) is 0 Å². The molecule has 57 heavy (non-hydrogen) atoms. The molecule has 0 amide bonds. The molecule has 0 fully saturated rings. The fourth-order valence-corrected chi connectivity index (χ4v) is 8.94. The van der Waals surface area contributed by atoms with Crippen LogP contribution in [0.5, 0.6) is 0 Å². The van der Waals surface area contributed by atoms with Crippen LogP contribution in [0.3, 0.4) is 0 Å². The molecule has 0 atom stereocenters. The van der Waals surface area contributed by atoms with Crippen molar-refractivity contribution < 1.29 is 8.83 Å². The molecule has 0 saturated heterocycles.